The molecule has 0 atom stereocenters. The van der Waals surface area contributed by atoms with Crippen LogP contribution in [0.1, 0.15) is 21.5 Å². The van der Waals surface area contributed by atoms with Crippen LogP contribution in [-0.4, -0.2) is 25.0 Å². The maximum Gasteiger partial charge on any atom is 0.325 e. The molecule has 0 unspecified atom stereocenters. The molecule has 5 heteroatoms. The van der Waals surface area contributed by atoms with Crippen LogP contribution in [0.4, 0.5) is 0 Å². The zero-order valence-corrected chi connectivity index (χ0v) is 11.7. The number of esters is 1. The third-order valence-corrected chi connectivity index (χ3v) is 2.66. The van der Waals surface area contributed by atoms with Gasteiger partial charge in [0.25, 0.3) is 5.91 Å². The van der Waals surface area contributed by atoms with Gasteiger partial charge in [-0.15, -0.1) is 0 Å². The molecule has 1 N–H and O–H groups in total. The lowest BCUT2D eigenvalue weighted by Gasteiger charge is -2.07. The van der Waals surface area contributed by atoms with Crippen molar-refractivity contribution in [3.8, 4) is 0 Å². The maximum atomic E-state index is 11.8. The molecule has 102 valence electrons. The Morgan fingerprint density at radius 3 is 2.58 bits per heavy atom. The Bertz CT molecular complexity index is 511. The summed E-state index contributed by atoms with van der Waals surface area (Å²) in [7, 11) is 0. The predicted molar refractivity (Wildman–Crippen MR) is 74.2 cm³/mol. The lowest BCUT2D eigenvalue weighted by molar-refractivity contribution is -0.141. The monoisotopic (exact) mass is 281 g/mol. The van der Waals surface area contributed by atoms with Crippen molar-refractivity contribution in [3.05, 3.63) is 46.5 Å². The van der Waals surface area contributed by atoms with E-state index < -0.39 is 5.97 Å². The Kier molecular flexibility index (Phi) is 5.57. The standard InChI is InChI=1S/C14H16ClNO3/c1-9-4-5-12(6-10(9)2)14(18)16-7-13(17)19-8-11(3)15/h4-6H,3,7-8H2,1-2H3,(H,16,18). The molecule has 0 bridgehead atoms. The number of benzene rings is 1. The van der Waals surface area contributed by atoms with Gasteiger partial charge in [-0.2, -0.15) is 0 Å². The van der Waals surface area contributed by atoms with Gasteiger partial charge in [0.1, 0.15) is 13.2 Å². The molecule has 0 radical (unpaired) electrons. The molecule has 0 aliphatic rings. The molecule has 0 aliphatic carbocycles. The molecule has 1 rings (SSSR count). The lowest BCUT2D eigenvalue weighted by atomic mass is 10.1. The zero-order chi connectivity index (χ0) is 14.4. The number of nitrogens with one attached hydrogen (secondary N) is 1. The molecule has 0 aliphatic heterocycles. The summed E-state index contributed by atoms with van der Waals surface area (Å²) in [6.45, 7) is 7.02. The fraction of sp³-hybridized carbons (Fsp3) is 0.286. The van der Waals surface area contributed by atoms with E-state index in [0.29, 0.717) is 5.56 Å². The van der Waals surface area contributed by atoms with E-state index in [1.54, 1.807) is 12.1 Å². The van der Waals surface area contributed by atoms with Gasteiger partial charge >= 0.3 is 5.97 Å². The van der Waals surface area contributed by atoms with Gasteiger partial charge in [-0.1, -0.05) is 24.2 Å². The van der Waals surface area contributed by atoms with Crippen molar-refractivity contribution >= 4 is 23.5 Å². The molecular weight excluding hydrogens is 266 g/mol. The van der Waals surface area contributed by atoms with Crippen LogP contribution in [0.25, 0.3) is 0 Å². The van der Waals surface area contributed by atoms with Gasteiger partial charge in [0.15, 0.2) is 0 Å². The highest BCUT2D eigenvalue weighted by Crippen LogP contribution is 2.09. The largest absolute Gasteiger partial charge is 0.459 e. The quantitative estimate of drug-likeness (QED) is 0.843. The molecular formula is C14H16ClNO3. The van der Waals surface area contributed by atoms with Crippen LogP contribution in [-0.2, 0) is 9.53 Å². The van der Waals surface area contributed by atoms with Gasteiger partial charge in [0.05, 0.1) is 0 Å². The number of aryl methyl sites for hydroxylation is 2. The minimum atomic E-state index is -0.556. The third-order valence-electron chi connectivity index (χ3n) is 2.55. The number of hydrogen-bond acceptors (Lipinski definition) is 3. The molecule has 0 saturated carbocycles. The Hall–Kier alpha value is -1.81. The minimum absolute atomic E-state index is 0.0557. The smallest absolute Gasteiger partial charge is 0.325 e. The summed E-state index contributed by atoms with van der Waals surface area (Å²) in [6.07, 6.45) is 0. The van der Waals surface area contributed by atoms with Crippen molar-refractivity contribution < 1.29 is 14.3 Å². The van der Waals surface area contributed by atoms with Crippen LogP contribution < -0.4 is 5.32 Å². The number of halogens is 1. The topological polar surface area (TPSA) is 55.4 Å². The number of hydrogen-bond donors (Lipinski definition) is 1. The third kappa shape index (κ3) is 5.14. The summed E-state index contributed by atoms with van der Waals surface area (Å²) in [6, 6.07) is 5.35. The van der Waals surface area contributed by atoms with E-state index in [1.807, 2.05) is 19.9 Å². The minimum Gasteiger partial charge on any atom is -0.459 e. The average Bonchev–Trinajstić information content (AvgIpc) is 2.36. The summed E-state index contributed by atoms with van der Waals surface area (Å²) in [5.74, 6) is -0.872. The molecule has 1 aromatic rings. The van der Waals surface area contributed by atoms with Crippen LogP contribution >= 0.6 is 11.6 Å². The molecule has 19 heavy (non-hydrogen) atoms. The first-order valence-electron chi connectivity index (χ1n) is 5.74. The molecule has 0 aromatic heterocycles. The van der Waals surface area contributed by atoms with E-state index in [4.69, 9.17) is 16.3 Å². The lowest BCUT2D eigenvalue weighted by Crippen LogP contribution is -2.30. The fourth-order valence-corrected chi connectivity index (χ4v) is 1.40. The van der Waals surface area contributed by atoms with E-state index >= 15 is 0 Å². The summed E-state index contributed by atoms with van der Waals surface area (Å²) >= 11 is 5.45. The van der Waals surface area contributed by atoms with Gasteiger partial charge in [0.2, 0.25) is 0 Å². The number of carbonyl (C=O) groups excluding carboxylic acids is 2. The van der Waals surface area contributed by atoms with Crippen molar-refractivity contribution in [2.45, 2.75) is 13.8 Å². The van der Waals surface area contributed by atoms with Crippen molar-refractivity contribution in [2.75, 3.05) is 13.2 Å². The summed E-state index contributed by atoms with van der Waals surface area (Å²) < 4.78 is 4.75. The van der Waals surface area contributed by atoms with Crippen LogP contribution in [0.15, 0.2) is 29.8 Å². The van der Waals surface area contributed by atoms with Gasteiger partial charge in [-0.3, -0.25) is 9.59 Å². The van der Waals surface area contributed by atoms with Crippen molar-refractivity contribution in [2.24, 2.45) is 0 Å². The predicted octanol–water partition coefficient (Wildman–Crippen LogP) is 2.33. The number of ether oxygens (including phenoxy) is 1. The Morgan fingerprint density at radius 2 is 2.00 bits per heavy atom. The van der Waals surface area contributed by atoms with Crippen molar-refractivity contribution in [1.29, 1.82) is 0 Å². The normalized spacial score (nSPS) is 9.84. The Morgan fingerprint density at radius 1 is 1.32 bits per heavy atom. The zero-order valence-electron chi connectivity index (χ0n) is 11.0. The first-order chi connectivity index (χ1) is 8.90. The molecule has 0 spiro atoms. The SMILES string of the molecule is C=C(Cl)COC(=O)CNC(=O)c1ccc(C)c(C)c1. The summed E-state index contributed by atoms with van der Waals surface area (Å²) in [5, 5.41) is 2.71. The first-order valence-corrected chi connectivity index (χ1v) is 6.12. The van der Waals surface area contributed by atoms with Crippen LogP contribution in [0.3, 0.4) is 0 Å². The van der Waals surface area contributed by atoms with E-state index in [2.05, 4.69) is 11.9 Å². The first kappa shape index (κ1) is 15.2. The van der Waals surface area contributed by atoms with Crippen LogP contribution in [0.2, 0.25) is 0 Å². The van der Waals surface area contributed by atoms with Crippen molar-refractivity contribution in [1.82, 2.24) is 5.32 Å². The number of rotatable bonds is 5. The highest BCUT2D eigenvalue weighted by molar-refractivity contribution is 6.29. The molecule has 0 fully saturated rings. The highest BCUT2D eigenvalue weighted by Gasteiger charge is 2.09. The second kappa shape index (κ2) is 6.95. The summed E-state index contributed by atoms with van der Waals surface area (Å²) in [4.78, 5) is 23.1. The maximum absolute atomic E-state index is 11.8. The van der Waals surface area contributed by atoms with Crippen molar-refractivity contribution in [3.63, 3.8) is 0 Å². The van der Waals surface area contributed by atoms with Gasteiger partial charge in [-0.05, 0) is 37.1 Å². The number of amides is 1. The summed E-state index contributed by atoms with van der Waals surface area (Å²) in [5.41, 5.74) is 2.64. The second-order valence-electron chi connectivity index (χ2n) is 4.16. The van der Waals surface area contributed by atoms with E-state index in [9.17, 15) is 9.59 Å². The second-order valence-corrected chi connectivity index (χ2v) is 4.69. The molecule has 0 saturated heterocycles. The fourth-order valence-electron chi connectivity index (χ4n) is 1.35. The Labute approximate surface area is 117 Å². The van der Waals surface area contributed by atoms with Crippen LogP contribution in [0, 0.1) is 13.8 Å². The van der Waals surface area contributed by atoms with Gasteiger partial charge < -0.3 is 10.1 Å². The highest BCUT2D eigenvalue weighted by atomic mass is 35.5. The van der Waals surface area contributed by atoms with E-state index in [1.165, 1.54) is 0 Å². The average molecular weight is 282 g/mol. The molecule has 1 aromatic carbocycles. The molecule has 0 heterocycles. The van der Waals surface area contributed by atoms with E-state index in [0.717, 1.165) is 11.1 Å². The van der Waals surface area contributed by atoms with Gasteiger partial charge in [-0.25, -0.2) is 0 Å². The number of carbonyl (C=O) groups is 2. The Balaban J connectivity index is 2.49. The van der Waals surface area contributed by atoms with E-state index in [-0.39, 0.29) is 24.1 Å². The molecule has 1 amide bonds. The van der Waals surface area contributed by atoms with Crippen LogP contribution in [0.5, 0.6) is 0 Å². The van der Waals surface area contributed by atoms with Gasteiger partial charge in [0, 0.05) is 10.6 Å². The molecule has 4 nitrogen and oxygen atoms in total.